The molecule has 0 spiro atoms. The summed E-state index contributed by atoms with van der Waals surface area (Å²) in [5, 5.41) is 12.7. The van der Waals surface area contributed by atoms with Crippen LogP contribution >= 0.6 is 34.3 Å². The fourth-order valence-corrected chi connectivity index (χ4v) is 4.93. The van der Waals surface area contributed by atoms with Crippen LogP contribution in [0, 0.1) is 11.3 Å². The van der Waals surface area contributed by atoms with Crippen molar-refractivity contribution >= 4 is 51.2 Å². The molecule has 0 unspecified atom stereocenters. The Balaban J connectivity index is 1.63. The molecule has 5 nitrogen and oxygen atoms in total. The van der Waals surface area contributed by atoms with E-state index in [1.54, 1.807) is 12.1 Å². The highest BCUT2D eigenvalue weighted by molar-refractivity contribution is 7.18. The minimum atomic E-state index is -0.588. The number of ether oxygens (including phenoxy) is 1. The van der Waals surface area contributed by atoms with Gasteiger partial charge in [-0.25, -0.2) is 4.79 Å². The van der Waals surface area contributed by atoms with Gasteiger partial charge in [0, 0.05) is 4.88 Å². The molecule has 2 heterocycles. The van der Waals surface area contributed by atoms with Crippen LogP contribution in [0.4, 0.5) is 5.00 Å². The van der Waals surface area contributed by atoms with Crippen LogP contribution < -0.4 is 5.32 Å². The van der Waals surface area contributed by atoms with E-state index < -0.39 is 18.5 Å². The van der Waals surface area contributed by atoms with Crippen LogP contribution in [0.1, 0.15) is 44.9 Å². The smallest absolute Gasteiger partial charge is 0.348 e. The lowest BCUT2D eigenvalue weighted by Gasteiger charge is -2.05. The maximum atomic E-state index is 12.1. The summed E-state index contributed by atoms with van der Waals surface area (Å²) in [4.78, 5) is 25.4. The van der Waals surface area contributed by atoms with Crippen molar-refractivity contribution in [3.63, 3.8) is 0 Å². The average Bonchev–Trinajstić information content (AvgIpc) is 3.08. The number of rotatable bonds is 4. The summed E-state index contributed by atoms with van der Waals surface area (Å²) < 4.78 is 5.48. The lowest BCUT2D eigenvalue weighted by molar-refractivity contribution is -0.119. The molecule has 25 heavy (non-hydrogen) atoms. The van der Waals surface area contributed by atoms with Crippen molar-refractivity contribution in [1.29, 1.82) is 5.26 Å². The zero-order chi connectivity index (χ0) is 17.8. The van der Waals surface area contributed by atoms with E-state index in [0.29, 0.717) is 19.8 Å². The number of fused-ring (bicyclic) bond motifs is 1. The van der Waals surface area contributed by atoms with Gasteiger partial charge in [-0.15, -0.1) is 22.7 Å². The molecule has 2 aromatic rings. The highest BCUT2D eigenvalue weighted by Gasteiger charge is 2.21. The lowest BCUT2D eigenvalue weighted by Crippen LogP contribution is -2.20. The maximum absolute atomic E-state index is 12.1. The number of amides is 1. The number of thiophene rings is 2. The second-order valence-electron chi connectivity index (χ2n) is 5.61. The molecular weight excluding hydrogens is 380 g/mol. The van der Waals surface area contributed by atoms with E-state index in [1.807, 2.05) is 0 Å². The largest absolute Gasteiger partial charge is 0.451 e. The van der Waals surface area contributed by atoms with Gasteiger partial charge in [-0.1, -0.05) is 18.0 Å². The van der Waals surface area contributed by atoms with Crippen LogP contribution in [0.5, 0.6) is 0 Å². The van der Waals surface area contributed by atoms with Gasteiger partial charge in [0.15, 0.2) is 6.61 Å². The van der Waals surface area contributed by atoms with Gasteiger partial charge < -0.3 is 10.1 Å². The monoisotopic (exact) mass is 394 g/mol. The molecule has 130 valence electrons. The molecule has 0 saturated heterocycles. The second-order valence-corrected chi connectivity index (χ2v) is 8.43. The number of nitrogens with one attached hydrogen (secondary N) is 1. The second kappa shape index (κ2) is 8.00. The van der Waals surface area contributed by atoms with Gasteiger partial charge in [-0.3, -0.25) is 4.79 Å². The number of carbonyl (C=O) groups excluding carboxylic acids is 2. The van der Waals surface area contributed by atoms with E-state index in [9.17, 15) is 14.9 Å². The molecule has 0 radical (unpaired) electrons. The van der Waals surface area contributed by atoms with Crippen LogP contribution in [0.2, 0.25) is 4.34 Å². The van der Waals surface area contributed by atoms with Crippen molar-refractivity contribution in [2.24, 2.45) is 0 Å². The molecule has 1 amide bonds. The van der Waals surface area contributed by atoms with E-state index in [4.69, 9.17) is 16.3 Å². The summed E-state index contributed by atoms with van der Waals surface area (Å²) in [5.74, 6) is -1.04. The summed E-state index contributed by atoms with van der Waals surface area (Å²) in [5.41, 5.74) is 1.61. The van der Waals surface area contributed by atoms with Gasteiger partial charge in [0.1, 0.15) is 15.9 Å². The Morgan fingerprint density at radius 2 is 2.04 bits per heavy atom. The van der Waals surface area contributed by atoms with Gasteiger partial charge in [0.2, 0.25) is 0 Å². The maximum Gasteiger partial charge on any atom is 0.348 e. The third-order valence-corrected chi connectivity index (χ3v) is 6.31. The van der Waals surface area contributed by atoms with Gasteiger partial charge >= 0.3 is 5.97 Å². The van der Waals surface area contributed by atoms with Crippen LogP contribution in [-0.2, 0) is 22.4 Å². The molecule has 0 atom stereocenters. The molecule has 3 rings (SSSR count). The topological polar surface area (TPSA) is 79.2 Å². The first-order valence-corrected chi connectivity index (χ1v) is 9.86. The van der Waals surface area contributed by atoms with Crippen molar-refractivity contribution < 1.29 is 14.3 Å². The Morgan fingerprint density at radius 3 is 2.76 bits per heavy atom. The number of carbonyl (C=O) groups is 2. The minimum absolute atomic E-state index is 0.346. The predicted molar refractivity (Wildman–Crippen MR) is 98.5 cm³/mol. The third-order valence-electron chi connectivity index (χ3n) is 3.89. The molecule has 8 heteroatoms. The molecule has 1 aliphatic carbocycles. The summed E-state index contributed by atoms with van der Waals surface area (Å²) in [6.07, 6.45) is 5.15. The SMILES string of the molecule is N#Cc1c(NC(=O)COC(=O)c2ccc(Cl)s2)sc2c1CCCCC2. The van der Waals surface area contributed by atoms with Crippen LogP contribution in [0.3, 0.4) is 0 Å². The number of nitrogens with zero attached hydrogens (tertiary/aromatic N) is 1. The van der Waals surface area contributed by atoms with E-state index >= 15 is 0 Å². The minimum Gasteiger partial charge on any atom is -0.451 e. The van der Waals surface area contributed by atoms with Crippen molar-refractivity contribution in [3.8, 4) is 6.07 Å². The highest BCUT2D eigenvalue weighted by Crippen LogP contribution is 2.36. The van der Waals surface area contributed by atoms with Gasteiger partial charge in [0.25, 0.3) is 5.91 Å². The van der Waals surface area contributed by atoms with Gasteiger partial charge in [-0.2, -0.15) is 5.26 Å². The van der Waals surface area contributed by atoms with Crippen LogP contribution in [0.25, 0.3) is 0 Å². The molecule has 1 aliphatic rings. The first kappa shape index (κ1) is 17.9. The van der Waals surface area contributed by atoms with Crippen molar-refractivity contribution in [3.05, 3.63) is 37.4 Å². The molecule has 0 fully saturated rings. The summed E-state index contributed by atoms with van der Waals surface area (Å²) in [7, 11) is 0. The van der Waals surface area contributed by atoms with E-state index in [-0.39, 0.29) is 0 Å². The summed E-state index contributed by atoms with van der Waals surface area (Å²) >= 11 is 8.32. The zero-order valence-corrected chi connectivity index (χ0v) is 15.7. The lowest BCUT2D eigenvalue weighted by atomic mass is 10.1. The Labute approximate surface area is 158 Å². The Kier molecular flexibility index (Phi) is 5.74. The van der Waals surface area contributed by atoms with Crippen molar-refractivity contribution in [2.45, 2.75) is 32.1 Å². The molecule has 0 aromatic carbocycles. The Bertz CT molecular complexity index is 851. The summed E-state index contributed by atoms with van der Waals surface area (Å²) in [6.45, 7) is -0.401. The Hall–Kier alpha value is -1.88. The van der Waals surface area contributed by atoms with Crippen LogP contribution in [-0.4, -0.2) is 18.5 Å². The standard InChI is InChI=1S/C17H15ClN2O3S2/c18-14-7-6-13(24-14)17(22)23-9-15(21)20-16-11(8-19)10-4-2-1-3-5-12(10)25-16/h6-7H,1-5,9H2,(H,20,21). The number of nitriles is 1. The van der Waals surface area contributed by atoms with Gasteiger partial charge in [0.05, 0.1) is 9.90 Å². The predicted octanol–water partition coefficient (Wildman–Crippen LogP) is 4.40. The quantitative estimate of drug-likeness (QED) is 0.615. The number of halogens is 1. The van der Waals surface area contributed by atoms with Crippen molar-refractivity contribution in [1.82, 2.24) is 0 Å². The first-order valence-electron chi connectivity index (χ1n) is 7.85. The number of aryl methyl sites for hydroxylation is 1. The average molecular weight is 395 g/mol. The summed E-state index contributed by atoms with van der Waals surface area (Å²) in [6, 6.07) is 5.36. The number of hydrogen-bond acceptors (Lipinski definition) is 6. The van der Waals surface area contributed by atoms with E-state index in [2.05, 4.69) is 11.4 Å². The molecule has 1 N–H and O–H groups in total. The van der Waals surface area contributed by atoms with Crippen molar-refractivity contribution in [2.75, 3.05) is 11.9 Å². The molecule has 0 saturated carbocycles. The first-order chi connectivity index (χ1) is 12.1. The van der Waals surface area contributed by atoms with Crippen LogP contribution in [0.15, 0.2) is 12.1 Å². The normalized spacial score (nSPS) is 13.4. The third kappa shape index (κ3) is 4.21. The van der Waals surface area contributed by atoms with E-state index in [1.165, 1.54) is 16.2 Å². The number of hydrogen-bond donors (Lipinski definition) is 1. The molecule has 0 aliphatic heterocycles. The fourth-order valence-electron chi connectivity index (χ4n) is 2.74. The Morgan fingerprint density at radius 1 is 1.24 bits per heavy atom. The fraction of sp³-hybridized carbons (Fsp3) is 0.353. The number of esters is 1. The van der Waals surface area contributed by atoms with E-state index in [0.717, 1.165) is 49.0 Å². The van der Waals surface area contributed by atoms with Gasteiger partial charge in [-0.05, 0) is 43.4 Å². The molecular formula is C17H15ClN2O3S2. The molecule has 2 aromatic heterocycles. The zero-order valence-electron chi connectivity index (χ0n) is 13.3. The number of anilines is 1. The molecule has 0 bridgehead atoms. The highest BCUT2D eigenvalue weighted by atomic mass is 35.5.